The van der Waals surface area contributed by atoms with Crippen LogP contribution in [0.1, 0.15) is 58.7 Å². The van der Waals surface area contributed by atoms with Crippen molar-refractivity contribution in [2.75, 3.05) is 0 Å². The summed E-state index contributed by atoms with van der Waals surface area (Å²) >= 11 is 0. The van der Waals surface area contributed by atoms with Crippen LogP contribution in [0.3, 0.4) is 0 Å². The fraction of sp³-hybridized carbons (Fsp3) is 0.200. The van der Waals surface area contributed by atoms with E-state index in [1.54, 1.807) is 23.3 Å². The molecule has 0 bridgehead atoms. The Kier molecular flexibility index (Phi) is 4.62. The molecule has 0 radical (unpaired) electrons. The van der Waals surface area contributed by atoms with E-state index in [1.165, 1.54) is 5.56 Å². The van der Waals surface area contributed by atoms with Crippen LogP contribution in [0.4, 0.5) is 0 Å². The number of nitrogens with one attached hydrogen (secondary N) is 1. The molecule has 0 aliphatic carbocycles. The fourth-order valence-corrected chi connectivity index (χ4v) is 4.22. The number of fused-ring (bicyclic) bond motifs is 1. The molecule has 0 unspecified atom stereocenters. The third-order valence-electron chi connectivity index (χ3n) is 5.85. The molecule has 2 N–H and O–H groups in total. The highest BCUT2D eigenvalue weighted by atomic mass is 16.3. The standard InChI is InChI=1S/C25H23N3O3/c1-15(2)16-9-11-17(12-10-16)24-21-22(19-7-3-4-8-20(19)29)26-27-23(21)25(30)28(24)14-18-6-5-13-31-18/h3-13,15,24,29H,14H2,1-2H3,(H,26,27)/t24-/m1/s1. The normalized spacial score (nSPS) is 15.6. The van der Waals surface area contributed by atoms with Crippen molar-refractivity contribution in [2.45, 2.75) is 32.4 Å². The van der Waals surface area contributed by atoms with Gasteiger partial charge in [-0.2, -0.15) is 5.10 Å². The zero-order valence-corrected chi connectivity index (χ0v) is 17.4. The van der Waals surface area contributed by atoms with Gasteiger partial charge in [-0.1, -0.05) is 50.2 Å². The maximum absolute atomic E-state index is 13.4. The maximum atomic E-state index is 13.4. The van der Waals surface area contributed by atoms with E-state index in [9.17, 15) is 9.90 Å². The number of phenolic OH excluding ortho intramolecular Hbond substituents is 1. The molecule has 2 aromatic heterocycles. The van der Waals surface area contributed by atoms with Crippen LogP contribution in [-0.4, -0.2) is 26.1 Å². The molecule has 1 aliphatic heterocycles. The summed E-state index contributed by atoms with van der Waals surface area (Å²) in [6, 6.07) is 18.7. The molecule has 6 nitrogen and oxygen atoms in total. The zero-order chi connectivity index (χ0) is 21.5. The molecule has 4 aromatic rings. The summed E-state index contributed by atoms with van der Waals surface area (Å²) in [7, 11) is 0. The lowest BCUT2D eigenvalue weighted by molar-refractivity contribution is 0.0717. The van der Waals surface area contributed by atoms with Crippen molar-refractivity contribution in [3.05, 3.63) is 95.1 Å². The number of H-pyrrole nitrogens is 1. The number of amides is 1. The Labute approximate surface area is 180 Å². The number of nitrogens with zero attached hydrogens (tertiary/aromatic N) is 2. The molecular formula is C25H23N3O3. The number of aromatic amines is 1. The molecular weight excluding hydrogens is 390 g/mol. The van der Waals surface area contributed by atoms with Crippen molar-refractivity contribution >= 4 is 5.91 Å². The molecule has 1 atom stereocenters. The molecule has 156 valence electrons. The molecule has 0 fully saturated rings. The van der Waals surface area contributed by atoms with Crippen molar-refractivity contribution in [3.63, 3.8) is 0 Å². The van der Waals surface area contributed by atoms with Gasteiger partial charge in [0.15, 0.2) is 0 Å². The lowest BCUT2D eigenvalue weighted by Crippen LogP contribution is -2.29. The van der Waals surface area contributed by atoms with Gasteiger partial charge in [0.2, 0.25) is 0 Å². The number of rotatable bonds is 5. The van der Waals surface area contributed by atoms with E-state index in [-0.39, 0.29) is 17.7 Å². The van der Waals surface area contributed by atoms with Gasteiger partial charge in [0.1, 0.15) is 22.9 Å². The Bertz CT molecular complexity index is 1220. The van der Waals surface area contributed by atoms with Crippen molar-refractivity contribution < 1.29 is 14.3 Å². The van der Waals surface area contributed by atoms with E-state index in [4.69, 9.17) is 4.42 Å². The van der Waals surface area contributed by atoms with Gasteiger partial charge in [0, 0.05) is 11.1 Å². The van der Waals surface area contributed by atoms with E-state index >= 15 is 0 Å². The molecule has 1 amide bonds. The van der Waals surface area contributed by atoms with Gasteiger partial charge in [-0.05, 0) is 41.3 Å². The predicted molar refractivity (Wildman–Crippen MR) is 117 cm³/mol. The molecule has 5 rings (SSSR count). The molecule has 0 saturated heterocycles. The maximum Gasteiger partial charge on any atom is 0.273 e. The first kappa shape index (κ1) is 19.2. The Morgan fingerprint density at radius 1 is 1.10 bits per heavy atom. The van der Waals surface area contributed by atoms with Crippen LogP contribution in [0.2, 0.25) is 0 Å². The molecule has 6 heteroatoms. The van der Waals surface area contributed by atoms with Gasteiger partial charge in [-0.3, -0.25) is 9.89 Å². The highest BCUT2D eigenvalue weighted by Gasteiger charge is 2.42. The number of carbonyl (C=O) groups excluding carboxylic acids is 1. The summed E-state index contributed by atoms with van der Waals surface area (Å²) in [5.41, 5.74) is 4.62. The summed E-state index contributed by atoms with van der Waals surface area (Å²) < 4.78 is 5.53. The van der Waals surface area contributed by atoms with Gasteiger partial charge in [-0.25, -0.2) is 0 Å². The van der Waals surface area contributed by atoms with Crippen LogP contribution in [0, 0.1) is 0 Å². The van der Waals surface area contributed by atoms with Crippen LogP contribution in [0.5, 0.6) is 5.75 Å². The van der Waals surface area contributed by atoms with Crippen LogP contribution in [-0.2, 0) is 6.54 Å². The first-order chi connectivity index (χ1) is 15.0. The lowest BCUT2D eigenvalue weighted by atomic mass is 9.93. The molecule has 0 spiro atoms. The summed E-state index contributed by atoms with van der Waals surface area (Å²) in [4.78, 5) is 15.1. The predicted octanol–water partition coefficient (Wildman–Crippen LogP) is 5.24. The second-order valence-electron chi connectivity index (χ2n) is 8.11. The third-order valence-corrected chi connectivity index (χ3v) is 5.85. The average Bonchev–Trinajstić information content (AvgIpc) is 3.49. The van der Waals surface area contributed by atoms with Crippen molar-refractivity contribution in [3.8, 4) is 17.0 Å². The number of phenols is 1. The number of benzene rings is 2. The van der Waals surface area contributed by atoms with Crippen LogP contribution in [0.25, 0.3) is 11.3 Å². The smallest absolute Gasteiger partial charge is 0.273 e. The van der Waals surface area contributed by atoms with Crippen LogP contribution < -0.4 is 0 Å². The minimum absolute atomic E-state index is 0.127. The van der Waals surface area contributed by atoms with E-state index < -0.39 is 0 Å². The minimum Gasteiger partial charge on any atom is -0.507 e. The van der Waals surface area contributed by atoms with E-state index in [2.05, 4.69) is 48.3 Å². The van der Waals surface area contributed by atoms with E-state index in [0.29, 0.717) is 35.2 Å². The monoisotopic (exact) mass is 413 g/mol. The SMILES string of the molecule is CC(C)c1ccc([C@@H]2c3c(-c4ccccc4O)n[nH]c3C(=O)N2Cc2ccco2)cc1. The summed E-state index contributed by atoms with van der Waals surface area (Å²) in [6.45, 7) is 4.65. The second-order valence-corrected chi connectivity index (χ2v) is 8.11. The van der Waals surface area contributed by atoms with Crippen LogP contribution >= 0.6 is 0 Å². The molecule has 2 aromatic carbocycles. The zero-order valence-electron chi connectivity index (χ0n) is 17.4. The number of carbonyl (C=O) groups is 1. The topological polar surface area (TPSA) is 82.4 Å². The largest absolute Gasteiger partial charge is 0.507 e. The van der Waals surface area contributed by atoms with E-state index in [0.717, 1.165) is 11.1 Å². The Morgan fingerprint density at radius 3 is 2.55 bits per heavy atom. The van der Waals surface area contributed by atoms with Gasteiger partial charge >= 0.3 is 0 Å². The number of aromatic hydroxyl groups is 1. The highest BCUT2D eigenvalue weighted by Crippen LogP contribution is 2.45. The highest BCUT2D eigenvalue weighted by molar-refractivity contribution is 6.00. The average molecular weight is 413 g/mol. The van der Waals surface area contributed by atoms with Gasteiger partial charge < -0.3 is 14.4 Å². The molecule has 1 aliphatic rings. The number of furan rings is 1. The summed E-state index contributed by atoms with van der Waals surface area (Å²) in [6.07, 6.45) is 1.61. The number of aromatic nitrogens is 2. The molecule has 0 saturated carbocycles. The minimum atomic E-state index is -0.345. The summed E-state index contributed by atoms with van der Waals surface area (Å²) in [5.74, 6) is 1.11. The fourth-order valence-electron chi connectivity index (χ4n) is 4.22. The number of para-hydroxylation sites is 1. The number of hydrogen-bond acceptors (Lipinski definition) is 4. The first-order valence-corrected chi connectivity index (χ1v) is 10.3. The quantitative estimate of drug-likeness (QED) is 0.468. The lowest BCUT2D eigenvalue weighted by Gasteiger charge is -2.26. The molecule has 31 heavy (non-hydrogen) atoms. The van der Waals surface area contributed by atoms with Gasteiger partial charge in [0.25, 0.3) is 5.91 Å². The van der Waals surface area contributed by atoms with Crippen LogP contribution in [0.15, 0.2) is 71.3 Å². The van der Waals surface area contributed by atoms with Crippen molar-refractivity contribution in [2.24, 2.45) is 0 Å². The molecule has 3 heterocycles. The summed E-state index contributed by atoms with van der Waals surface area (Å²) in [5, 5.41) is 17.8. The van der Waals surface area contributed by atoms with Crippen molar-refractivity contribution in [1.82, 2.24) is 15.1 Å². The number of hydrogen-bond donors (Lipinski definition) is 2. The first-order valence-electron chi connectivity index (χ1n) is 10.3. The third kappa shape index (κ3) is 3.20. The Hall–Kier alpha value is -3.80. The van der Waals surface area contributed by atoms with E-state index in [1.807, 2.05) is 24.3 Å². The van der Waals surface area contributed by atoms with Crippen molar-refractivity contribution in [1.29, 1.82) is 0 Å². The van der Waals surface area contributed by atoms with Gasteiger partial charge in [-0.15, -0.1) is 0 Å². The van der Waals surface area contributed by atoms with Gasteiger partial charge in [0.05, 0.1) is 18.8 Å². The Balaban J connectivity index is 1.66. The second kappa shape index (κ2) is 7.47. The Morgan fingerprint density at radius 2 is 1.87 bits per heavy atom.